The van der Waals surface area contributed by atoms with Crippen molar-refractivity contribution in [3.63, 3.8) is 0 Å². The lowest BCUT2D eigenvalue weighted by Crippen LogP contribution is -2.42. The van der Waals surface area contributed by atoms with Crippen LogP contribution in [-0.2, 0) is 9.53 Å². The Balaban J connectivity index is 1.52. The van der Waals surface area contributed by atoms with Gasteiger partial charge in [-0.25, -0.2) is 4.79 Å². The first-order valence-electron chi connectivity index (χ1n) is 7.26. The van der Waals surface area contributed by atoms with Gasteiger partial charge in [-0.1, -0.05) is 12.2 Å². The van der Waals surface area contributed by atoms with Crippen LogP contribution in [0.4, 0.5) is 4.79 Å². The molecule has 7 unspecified atom stereocenters. The molecule has 0 aliphatic heterocycles. The second kappa shape index (κ2) is 3.84. The predicted molar refractivity (Wildman–Crippen MR) is 68.0 cm³/mol. The maximum atomic E-state index is 12.2. The van der Waals surface area contributed by atoms with E-state index in [1.807, 2.05) is 0 Å². The van der Waals surface area contributed by atoms with Crippen molar-refractivity contribution in [1.82, 2.24) is 5.32 Å². The van der Waals surface area contributed by atoms with Crippen LogP contribution < -0.4 is 5.32 Å². The average Bonchev–Trinajstić information content (AvgIpc) is 3.15. The highest BCUT2D eigenvalue weighted by atomic mass is 16.5. The third-order valence-electron chi connectivity index (χ3n) is 6.02. The highest BCUT2D eigenvalue weighted by Crippen LogP contribution is 2.66. The minimum atomic E-state index is -0.628. The molecule has 0 saturated heterocycles. The lowest BCUT2D eigenvalue weighted by Gasteiger charge is -2.35. The van der Waals surface area contributed by atoms with E-state index in [9.17, 15) is 9.59 Å². The quantitative estimate of drug-likeness (QED) is 0.580. The van der Waals surface area contributed by atoms with Crippen molar-refractivity contribution in [2.24, 2.45) is 41.4 Å². The SMILES string of the molecule is COC(=O)NC(=O)C1CC2CC1C1C3C=CC(C3)C21. The Morgan fingerprint density at radius 2 is 1.84 bits per heavy atom. The first-order chi connectivity index (χ1) is 9.19. The van der Waals surface area contributed by atoms with Crippen LogP contribution in [0, 0.1) is 41.4 Å². The molecule has 3 fully saturated rings. The fraction of sp³-hybridized carbons (Fsp3) is 0.733. The molecule has 7 atom stereocenters. The van der Waals surface area contributed by atoms with E-state index in [1.54, 1.807) is 0 Å². The van der Waals surface area contributed by atoms with Gasteiger partial charge in [-0.2, -0.15) is 0 Å². The maximum Gasteiger partial charge on any atom is 0.413 e. The number of fused-ring (bicyclic) bond motifs is 9. The molecule has 4 nitrogen and oxygen atoms in total. The van der Waals surface area contributed by atoms with Crippen LogP contribution in [0.2, 0.25) is 0 Å². The van der Waals surface area contributed by atoms with Crippen molar-refractivity contribution in [2.75, 3.05) is 7.11 Å². The van der Waals surface area contributed by atoms with Gasteiger partial charge in [0, 0.05) is 5.92 Å². The summed E-state index contributed by atoms with van der Waals surface area (Å²) in [5, 5.41) is 2.36. The smallest absolute Gasteiger partial charge is 0.413 e. The monoisotopic (exact) mass is 261 g/mol. The number of imide groups is 1. The van der Waals surface area contributed by atoms with Crippen molar-refractivity contribution >= 4 is 12.0 Å². The normalized spacial score (nSPS) is 48.4. The third kappa shape index (κ3) is 1.46. The summed E-state index contributed by atoms with van der Waals surface area (Å²) >= 11 is 0. The summed E-state index contributed by atoms with van der Waals surface area (Å²) in [7, 11) is 1.29. The zero-order valence-corrected chi connectivity index (χ0v) is 11.0. The summed E-state index contributed by atoms with van der Waals surface area (Å²) in [5.41, 5.74) is 0. The number of allylic oxidation sites excluding steroid dienone is 2. The fourth-order valence-corrected chi connectivity index (χ4v) is 5.56. The van der Waals surface area contributed by atoms with E-state index < -0.39 is 6.09 Å². The third-order valence-corrected chi connectivity index (χ3v) is 6.02. The number of amides is 2. The minimum Gasteiger partial charge on any atom is -0.453 e. The summed E-state index contributed by atoms with van der Waals surface area (Å²) in [6, 6.07) is 0. The summed E-state index contributed by atoms with van der Waals surface area (Å²) in [6.07, 6.45) is 7.58. The van der Waals surface area contributed by atoms with E-state index >= 15 is 0 Å². The molecule has 4 aliphatic rings. The van der Waals surface area contributed by atoms with Gasteiger partial charge in [-0.3, -0.25) is 10.1 Å². The Labute approximate surface area is 112 Å². The van der Waals surface area contributed by atoms with Crippen LogP contribution in [0.1, 0.15) is 19.3 Å². The molecule has 4 aliphatic carbocycles. The molecular formula is C15H19NO3. The molecule has 4 bridgehead atoms. The summed E-state index contributed by atoms with van der Waals surface area (Å²) < 4.78 is 4.51. The van der Waals surface area contributed by atoms with E-state index in [1.165, 1.54) is 20.0 Å². The zero-order chi connectivity index (χ0) is 13.1. The minimum absolute atomic E-state index is 0.0260. The predicted octanol–water partition coefficient (Wildman–Crippen LogP) is 1.96. The molecule has 1 N–H and O–H groups in total. The molecule has 3 saturated carbocycles. The topological polar surface area (TPSA) is 55.4 Å². The second-order valence-electron chi connectivity index (χ2n) is 6.59. The molecule has 0 spiro atoms. The largest absolute Gasteiger partial charge is 0.453 e. The van der Waals surface area contributed by atoms with Crippen LogP contribution in [0.5, 0.6) is 0 Å². The Bertz CT molecular complexity index is 472. The standard InChI is InChI=1S/C15H19NO3/c1-19-15(18)16-14(17)11-6-9-5-10(11)13-8-3-2-7(4-8)12(9)13/h2-3,7-13H,4-6H2,1H3,(H,16,17,18). The first kappa shape index (κ1) is 11.5. The zero-order valence-electron chi connectivity index (χ0n) is 11.0. The van der Waals surface area contributed by atoms with Crippen molar-refractivity contribution in [3.05, 3.63) is 12.2 Å². The summed E-state index contributed by atoms with van der Waals surface area (Å²) in [6.45, 7) is 0. The van der Waals surface area contributed by atoms with Gasteiger partial charge < -0.3 is 4.74 Å². The number of hydrogen-bond acceptors (Lipinski definition) is 3. The molecule has 0 aromatic heterocycles. The van der Waals surface area contributed by atoms with E-state index in [0.29, 0.717) is 23.7 Å². The molecule has 4 rings (SSSR count). The van der Waals surface area contributed by atoms with Gasteiger partial charge in [-0.15, -0.1) is 0 Å². The van der Waals surface area contributed by atoms with Crippen molar-refractivity contribution < 1.29 is 14.3 Å². The van der Waals surface area contributed by atoms with Gasteiger partial charge >= 0.3 is 6.09 Å². The van der Waals surface area contributed by atoms with Crippen LogP contribution in [-0.4, -0.2) is 19.1 Å². The Hall–Kier alpha value is -1.32. The fourth-order valence-electron chi connectivity index (χ4n) is 5.56. The molecular weight excluding hydrogens is 242 g/mol. The van der Waals surface area contributed by atoms with E-state index in [4.69, 9.17) is 0 Å². The van der Waals surface area contributed by atoms with Crippen LogP contribution in [0.3, 0.4) is 0 Å². The molecule has 0 aromatic rings. The lowest BCUT2D eigenvalue weighted by atomic mass is 9.69. The molecule has 2 amide bonds. The number of methoxy groups -OCH3 is 1. The Morgan fingerprint density at radius 3 is 2.58 bits per heavy atom. The van der Waals surface area contributed by atoms with E-state index in [0.717, 1.165) is 18.3 Å². The molecule has 0 aromatic carbocycles. The van der Waals surface area contributed by atoms with Crippen LogP contribution >= 0.6 is 0 Å². The van der Waals surface area contributed by atoms with Gasteiger partial charge in [0.1, 0.15) is 0 Å². The number of carbonyl (C=O) groups is 2. The highest BCUT2D eigenvalue weighted by molar-refractivity contribution is 5.93. The van der Waals surface area contributed by atoms with Gasteiger partial charge in [0.05, 0.1) is 7.11 Å². The number of nitrogens with one attached hydrogen (secondary N) is 1. The maximum absolute atomic E-state index is 12.2. The van der Waals surface area contributed by atoms with Gasteiger partial charge in [0.25, 0.3) is 0 Å². The number of carbonyl (C=O) groups excluding carboxylic acids is 2. The van der Waals surface area contributed by atoms with Crippen molar-refractivity contribution in [3.8, 4) is 0 Å². The number of rotatable bonds is 1. The second-order valence-corrected chi connectivity index (χ2v) is 6.59. The Kier molecular flexibility index (Phi) is 2.32. The van der Waals surface area contributed by atoms with Crippen molar-refractivity contribution in [2.45, 2.75) is 19.3 Å². The van der Waals surface area contributed by atoms with Crippen LogP contribution in [0.15, 0.2) is 12.2 Å². The van der Waals surface area contributed by atoms with E-state index in [2.05, 4.69) is 22.2 Å². The summed E-state index contributed by atoms with van der Waals surface area (Å²) in [5.74, 6) is 4.07. The molecule has 0 heterocycles. The van der Waals surface area contributed by atoms with Crippen molar-refractivity contribution in [1.29, 1.82) is 0 Å². The number of hydrogen-bond donors (Lipinski definition) is 1. The Morgan fingerprint density at radius 1 is 1.11 bits per heavy atom. The lowest BCUT2D eigenvalue weighted by molar-refractivity contribution is -0.127. The summed E-state index contributed by atoms with van der Waals surface area (Å²) in [4.78, 5) is 23.3. The van der Waals surface area contributed by atoms with Crippen LogP contribution in [0.25, 0.3) is 0 Å². The molecule has 19 heavy (non-hydrogen) atoms. The average molecular weight is 261 g/mol. The van der Waals surface area contributed by atoms with Gasteiger partial charge in [0.15, 0.2) is 0 Å². The molecule has 102 valence electrons. The molecule has 0 radical (unpaired) electrons. The van der Waals surface area contributed by atoms with Gasteiger partial charge in [-0.05, 0) is 54.8 Å². The highest BCUT2D eigenvalue weighted by Gasteiger charge is 2.62. The number of alkyl carbamates (subject to hydrolysis) is 1. The number of ether oxygens (including phenoxy) is 1. The van der Waals surface area contributed by atoms with E-state index in [-0.39, 0.29) is 11.8 Å². The van der Waals surface area contributed by atoms with Gasteiger partial charge in [0.2, 0.25) is 5.91 Å². The molecule has 4 heteroatoms. The first-order valence-corrected chi connectivity index (χ1v) is 7.26.